The maximum Gasteiger partial charge on any atom is 0.271 e. The number of aromatic nitrogens is 2. The van der Waals surface area contributed by atoms with Gasteiger partial charge in [0.1, 0.15) is 5.69 Å². The molecule has 1 saturated heterocycles. The second-order valence-electron chi connectivity index (χ2n) is 5.53. The van der Waals surface area contributed by atoms with E-state index in [-0.39, 0.29) is 17.5 Å². The Labute approximate surface area is 134 Å². The third-order valence-corrected chi connectivity index (χ3v) is 4.12. The normalized spacial score (nSPS) is 14.2. The molecule has 118 valence electrons. The number of amides is 1. The summed E-state index contributed by atoms with van der Waals surface area (Å²) in [5.41, 5.74) is 2.07. The Hall–Kier alpha value is -2.89. The third kappa shape index (κ3) is 2.88. The first-order valence-corrected chi connectivity index (χ1v) is 7.38. The van der Waals surface area contributed by atoms with Crippen molar-refractivity contribution in [1.82, 2.24) is 14.9 Å². The van der Waals surface area contributed by atoms with Gasteiger partial charge in [-0.05, 0) is 24.3 Å². The summed E-state index contributed by atoms with van der Waals surface area (Å²) in [5, 5.41) is 0. The third-order valence-electron chi connectivity index (χ3n) is 4.12. The van der Waals surface area contributed by atoms with E-state index in [1.807, 2.05) is 36.2 Å². The van der Waals surface area contributed by atoms with E-state index >= 15 is 0 Å². The van der Waals surface area contributed by atoms with Crippen molar-refractivity contribution in [3.05, 3.63) is 59.7 Å². The Balaban J connectivity index is 1.81. The van der Waals surface area contributed by atoms with Gasteiger partial charge in [-0.15, -0.1) is 0 Å². The van der Waals surface area contributed by atoms with Crippen molar-refractivity contribution in [2.24, 2.45) is 0 Å². The van der Waals surface area contributed by atoms with Gasteiger partial charge in [-0.25, -0.2) is 0 Å². The van der Waals surface area contributed by atoms with Gasteiger partial charge in [0.2, 0.25) is 5.91 Å². The Morgan fingerprint density at radius 3 is 2.91 bits per heavy atom. The second kappa shape index (κ2) is 6.08. The highest BCUT2D eigenvalue weighted by atomic mass is 16.2. The fraction of sp³-hybridized carbons (Fsp3) is 0.235. The Morgan fingerprint density at radius 2 is 2.26 bits per heavy atom. The largest absolute Gasteiger partial charge is 0.364 e. The predicted molar refractivity (Wildman–Crippen MR) is 89.3 cm³/mol. The Morgan fingerprint density at radius 1 is 1.48 bits per heavy atom. The van der Waals surface area contributed by atoms with Crippen LogP contribution in [0.2, 0.25) is 0 Å². The van der Waals surface area contributed by atoms with E-state index < -0.39 is 0 Å². The highest BCUT2D eigenvalue weighted by Crippen LogP contribution is 2.22. The molecule has 3 heterocycles. The summed E-state index contributed by atoms with van der Waals surface area (Å²) in [6.07, 6.45) is 4.69. The first-order chi connectivity index (χ1) is 11.1. The molecular weight excluding hydrogens is 292 g/mol. The molecule has 1 aliphatic heterocycles. The second-order valence-corrected chi connectivity index (χ2v) is 5.53. The van der Waals surface area contributed by atoms with Gasteiger partial charge in [0.25, 0.3) is 5.56 Å². The number of carbonyl (C=O) groups excluding carboxylic acids is 1. The topological polar surface area (TPSA) is 69.3 Å². The van der Waals surface area contributed by atoms with Crippen LogP contribution in [-0.4, -0.2) is 47.0 Å². The number of hydrogen-bond donors (Lipinski definition) is 1. The first kappa shape index (κ1) is 15.0. The lowest BCUT2D eigenvalue weighted by Crippen LogP contribution is -2.60. The van der Waals surface area contributed by atoms with Crippen molar-refractivity contribution >= 4 is 11.6 Å². The van der Waals surface area contributed by atoms with Gasteiger partial charge in [-0.3, -0.25) is 14.6 Å². The van der Waals surface area contributed by atoms with E-state index in [1.54, 1.807) is 17.3 Å². The molecule has 1 amide bonds. The van der Waals surface area contributed by atoms with Crippen LogP contribution in [-0.2, 0) is 4.79 Å². The monoisotopic (exact) mass is 310 g/mol. The van der Waals surface area contributed by atoms with E-state index in [1.165, 1.54) is 6.08 Å². The molecule has 0 atom stereocenters. The number of aromatic amines is 1. The molecule has 6 heteroatoms. The minimum Gasteiger partial charge on any atom is -0.364 e. The number of hydrogen-bond acceptors (Lipinski definition) is 4. The molecule has 0 aliphatic carbocycles. The van der Waals surface area contributed by atoms with Gasteiger partial charge in [0.15, 0.2) is 0 Å². The minimum atomic E-state index is -0.152. The number of carbonyl (C=O) groups is 1. The summed E-state index contributed by atoms with van der Waals surface area (Å²) >= 11 is 0. The molecule has 1 aliphatic rings. The van der Waals surface area contributed by atoms with Gasteiger partial charge in [-0.1, -0.05) is 12.6 Å². The lowest BCUT2D eigenvalue weighted by Gasteiger charge is -2.44. The number of anilines is 1. The molecule has 1 fully saturated rings. The van der Waals surface area contributed by atoms with Crippen LogP contribution in [0.25, 0.3) is 11.3 Å². The molecule has 0 spiro atoms. The lowest BCUT2D eigenvalue weighted by molar-refractivity contribution is -0.130. The molecule has 0 saturated carbocycles. The number of likely N-dealkylation sites (N-methyl/N-ethyl adjacent to an activating group) is 1. The summed E-state index contributed by atoms with van der Waals surface area (Å²) < 4.78 is 0. The smallest absolute Gasteiger partial charge is 0.271 e. The molecule has 1 N–H and O–H groups in total. The molecule has 6 nitrogen and oxygen atoms in total. The molecule has 0 unspecified atom stereocenters. The van der Waals surface area contributed by atoms with Crippen molar-refractivity contribution in [3.8, 4) is 11.3 Å². The average Bonchev–Trinajstić information content (AvgIpc) is 2.54. The minimum absolute atomic E-state index is 0.0780. The van der Waals surface area contributed by atoms with Crippen molar-refractivity contribution in [3.63, 3.8) is 0 Å². The van der Waals surface area contributed by atoms with E-state index in [9.17, 15) is 9.59 Å². The summed E-state index contributed by atoms with van der Waals surface area (Å²) in [4.78, 5) is 34.3. The average molecular weight is 310 g/mol. The maximum absolute atomic E-state index is 12.1. The molecule has 2 aromatic rings. The lowest BCUT2D eigenvalue weighted by atomic mass is 10.1. The van der Waals surface area contributed by atoms with Crippen molar-refractivity contribution in [2.45, 2.75) is 6.04 Å². The van der Waals surface area contributed by atoms with Crippen molar-refractivity contribution < 1.29 is 4.79 Å². The van der Waals surface area contributed by atoms with E-state index in [0.29, 0.717) is 18.8 Å². The summed E-state index contributed by atoms with van der Waals surface area (Å²) in [5.74, 6) is -0.0780. The Bertz CT molecular complexity index is 779. The fourth-order valence-corrected chi connectivity index (χ4v) is 2.62. The summed E-state index contributed by atoms with van der Waals surface area (Å²) in [6, 6.07) is 7.60. The zero-order chi connectivity index (χ0) is 16.4. The molecule has 0 bridgehead atoms. The van der Waals surface area contributed by atoms with E-state index in [4.69, 9.17) is 0 Å². The van der Waals surface area contributed by atoms with Gasteiger partial charge < -0.3 is 14.8 Å². The first-order valence-electron chi connectivity index (χ1n) is 7.38. The summed E-state index contributed by atoms with van der Waals surface area (Å²) in [6.45, 7) is 4.67. The van der Waals surface area contributed by atoms with Crippen LogP contribution in [0.15, 0.2) is 54.1 Å². The van der Waals surface area contributed by atoms with Gasteiger partial charge in [0.05, 0.1) is 11.7 Å². The summed E-state index contributed by atoms with van der Waals surface area (Å²) in [7, 11) is 1.87. The van der Waals surface area contributed by atoms with Crippen molar-refractivity contribution in [1.29, 1.82) is 0 Å². The van der Waals surface area contributed by atoms with Crippen LogP contribution in [0, 0.1) is 0 Å². The zero-order valence-electron chi connectivity index (χ0n) is 12.9. The molecule has 0 aromatic carbocycles. The van der Waals surface area contributed by atoms with E-state index in [2.05, 4.69) is 16.5 Å². The number of nitrogens with zero attached hydrogens (tertiary/aromatic N) is 3. The standard InChI is InChI=1S/C17H18N4O2/c1-3-16(22)21-10-13(11-21)20(2)15-8-12(9-19-17(15)23)14-6-4-5-7-18-14/h3-9,13H,1,10-11H2,2H3,(H,19,23). The van der Waals surface area contributed by atoms with Crippen LogP contribution >= 0.6 is 0 Å². The SMILES string of the molecule is C=CC(=O)N1CC(N(C)c2cc(-c3ccccn3)c[nH]c2=O)C1. The van der Waals surface area contributed by atoms with Gasteiger partial charge in [-0.2, -0.15) is 0 Å². The Kier molecular flexibility index (Phi) is 3.97. The predicted octanol–water partition coefficient (Wildman–Crippen LogP) is 1.27. The quantitative estimate of drug-likeness (QED) is 0.864. The number of likely N-dealkylation sites (tertiary alicyclic amines) is 1. The number of rotatable bonds is 4. The van der Waals surface area contributed by atoms with Gasteiger partial charge in [0, 0.05) is 38.1 Å². The highest BCUT2D eigenvalue weighted by molar-refractivity contribution is 5.87. The maximum atomic E-state index is 12.1. The molecule has 2 aromatic heterocycles. The van der Waals surface area contributed by atoms with E-state index in [0.717, 1.165) is 11.3 Å². The highest BCUT2D eigenvalue weighted by Gasteiger charge is 2.33. The molecule has 0 radical (unpaired) electrons. The van der Waals surface area contributed by atoms with Crippen LogP contribution in [0.5, 0.6) is 0 Å². The zero-order valence-corrected chi connectivity index (χ0v) is 12.9. The fourth-order valence-electron chi connectivity index (χ4n) is 2.62. The number of H-pyrrole nitrogens is 1. The molecule has 23 heavy (non-hydrogen) atoms. The number of nitrogens with one attached hydrogen (secondary N) is 1. The van der Waals surface area contributed by atoms with Crippen LogP contribution in [0.1, 0.15) is 0 Å². The number of pyridine rings is 2. The van der Waals surface area contributed by atoms with Crippen LogP contribution in [0.3, 0.4) is 0 Å². The van der Waals surface area contributed by atoms with Crippen LogP contribution < -0.4 is 10.5 Å². The molecule has 3 rings (SSSR count). The van der Waals surface area contributed by atoms with Crippen LogP contribution in [0.4, 0.5) is 5.69 Å². The molecular formula is C17H18N4O2. The van der Waals surface area contributed by atoms with Gasteiger partial charge >= 0.3 is 0 Å². The van der Waals surface area contributed by atoms with Crippen molar-refractivity contribution in [2.75, 3.05) is 25.0 Å².